The lowest BCUT2D eigenvalue weighted by Gasteiger charge is -2.12. The molecule has 6 rings (SSSR count). The van der Waals surface area contributed by atoms with E-state index >= 15 is 0 Å². The van der Waals surface area contributed by atoms with E-state index in [1.54, 1.807) is 42.5 Å². The van der Waals surface area contributed by atoms with Crippen LogP contribution in [0.25, 0.3) is 16.8 Å². The topological polar surface area (TPSA) is 114 Å². The summed E-state index contributed by atoms with van der Waals surface area (Å²) in [6.07, 6.45) is 1.68. The van der Waals surface area contributed by atoms with Crippen LogP contribution in [0.2, 0.25) is 0 Å². The summed E-state index contributed by atoms with van der Waals surface area (Å²) >= 11 is 1.22. The molecule has 1 heterocycles. The highest BCUT2D eigenvalue weighted by molar-refractivity contribution is 8.18. The molecule has 0 saturated heterocycles. The maximum absolute atomic E-state index is 12.9. The third-order valence-corrected chi connectivity index (χ3v) is 9.46. The Kier molecular flexibility index (Phi) is 9.00. The van der Waals surface area contributed by atoms with Crippen LogP contribution in [0, 0.1) is 6.92 Å². The number of thioether (sulfide) groups is 1. The number of nitrogens with one attached hydrogen (secondary N) is 2. The van der Waals surface area contributed by atoms with Crippen molar-refractivity contribution in [2.45, 2.75) is 24.8 Å². The lowest BCUT2D eigenvalue weighted by atomic mass is 10.1. The molecule has 0 aliphatic carbocycles. The summed E-state index contributed by atoms with van der Waals surface area (Å²) in [6, 6.07) is 35.0. The fourth-order valence-electron chi connectivity index (χ4n) is 4.79. The van der Waals surface area contributed by atoms with Crippen LogP contribution < -0.4 is 14.8 Å². The zero-order chi connectivity index (χ0) is 32.1. The fraction of sp³-hybridized carbons (Fsp3) is 0.0833. The number of anilines is 1. The summed E-state index contributed by atoms with van der Waals surface area (Å²) in [4.78, 5) is 30.0. The molecule has 46 heavy (non-hydrogen) atoms. The number of amidine groups is 1. The normalized spacial score (nSPS) is 13.9. The minimum atomic E-state index is -3.96. The Labute approximate surface area is 271 Å². The molecule has 0 unspecified atom stereocenters. The number of hydrogen-bond donors (Lipinski definition) is 2. The second-order valence-corrected chi connectivity index (χ2v) is 13.4. The third kappa shape index (κ3) is 7.53. The van der Waals surface area contributed by atoms with Gasteiger partial charge in [-0.1, -0.05) is 84.4 Å². The molecule has 0 aromatic heterocycles. The molecular formula is C36H29N3O5S2. The van der Waals surface area contributed by atoms with Crippen LogP contribution in [0.15, 0.2) is 130 Å². The zero-order valence-corrected chi connectivity index (χ0v) is 26.4. The molecule has 2 amide bonds. The van der Waals surface area contributed by atoms with Crippen LogP contribution in [0.1, 0.15) is 22.3 Å². The Morgan fingerprint density at radius 2 is 1.52 bits per heavy atom. The number of aryl methyl sites for hydroxylation is 1. The van der Waals surface area contributed by atoms with E-state index in [4.69, 9.17) is 4.74 Å². The quantitative estimate of drug-likeness (QED) is 0.168. The molecule has 0 fully saturated rings. The number of rotatable bonds is 9. The first-order valence-electron chi connectivity index (χ1n) is 14.4. The number of hydrogen-bond acceptors (Lipinski definition) is 7. The Hall–Kier alpha value is -5.19. The van der Waals surface area contributed by atoms with Gasteiger partial charge in [0, 0.05) is 11.3 Å². The van der Waals surface area contributed by atoms with Gasteiger partial charge in [0.1, 0.15) is 12.4 Å². The first-order valence-corrected chi connectivity index (χ1v) is 16.7. The summed E-state index contributed by atoms with van der Waals surface area (Å²) in [5.41, 5.74) is 4.01. The van der Waals surface area contributed by atoms with E-state index in [0.717, 1.165) is 27.5 Å². The van der Waals surface area contributed by atoms with Gasteiger partial charge in [-0.2, -0.15) is 4.99 Å². The van der Waals surface area contributed by atoms with Crippen molar-refractivity contribution >= 4 is 61.3 Å². The fourth-order valence-corrected chi connectivity index (χ4v) is 6.60. The SMILES string of the molecule is Cc1ccc(S(=O)(=O)NC(=O)Cc2ccc(NC3=NC(=O)/C(=C\c4cc5ccccc5cc4OCc4ccccc4)S3)cc2)cc1. The lowest BCUT2D eigenvalue weighted by molar-refractivity contribution is -0.118. The van der Waals surface area contributed by atoms with Crippen molar-refractivity contribution < 1.29 is 22.7 Å². The van der Waals surface area contributed by atoms with Gasteiger partial charge in [-0.25, -0.2) is 13.1 Å². The molecule has 5 aromatic carbocycles. The Morgan fingerprint density at radius 1 is 0.848 bits per heavy atom. The van der Waals surface area contributed by atoms with E-state index in [9.17, 15) is 18.0 Å². The highest BCUT2D eigenvalue weighted by atomic mass is 32.2. The molecule has 8 nitrogen and oxygen atoms in total. The van der Waals surface area contributed by atoms with Crippen molar-refractivity contribution in [1.29, 1.82) is 0 Å². The number of benzene rings is 5. The minimum absolute atomic E-state index is 0.0281. The van der Waals surface area contributed by atoms with Crippen molar-refractivity contribution in [3.05, 3.63) is 142 Å². The molecule has 0 bridgehead atoms. The molecular weight excluding hydrogens is 619 g/mol. The van der Waals surface area contributed by atoms with Gasteiger partial charge >= 0.3 is 0 Å². The third-order valence-electron chi connectivity index (χ3n) is 7.17. The molecule has 2 N–H and O–H groups in total. The van der Waals surface area contributed by atoms with Crippen LogP contribution in [-0.2, 0) is 32.6 Å². The lowest BCUT2D eigenvalue weighted by Crippen LogP contribution is -2.31. The summed E-state index contributed by atoms with van der Waals surface area (Å²) in [7, 11) is -3.96. The molecule has 0 saturated carbocycles. The average molecular weight is 648 g/mol. The number of fused-ring (bicyclic) bond motifs is 1. The second kappa shape index (κ2) is 13.4. The summed E-state index contributed by atoms with van der Waals surface area (Å²) in [5.74, 6) is -0.341. The average Bonchev–Trinajstić information content (AvgIpc) is 3.39. The number of aliphatic imine (C=N–C) groups is 1. The molecule has 10 heteroatoms. The first kappa shape index (κ1) is 30.8. The molecule has 1 aliphatic heterocycles. The Morgan fingerprint density at radius 3 is 2.24 bits per heavy atom. The van der Waals surface area contributed by atoms with Gasteiger partial charge in [0.2, 0.25) is 5.91 Å². The maximum atomic E-state index is 12.9. The van der Waals surface area contributed by atoms with Crippen molar-refractivity contribution in [3.8, 4) is 5.75 Å². The van der Waals surface area contributed by atoms with Crippen LogP contribution in [0.5, 0.6) is 5.75 Å². The number of carbonyl (C=O) groups is 2. The van der Waals surface area contributed by atoms with Gasteiger partial charge in [0.15, 0.2) is 5.17 Å². The first-order chi connectivity index (χ1) is 22.2. The highest BCUT2D eigenvalue weighted by Crippen LogP contribution is 2.34. The van der Waals surface area contributed by atoms with Gasteiger partial charge in [-0.15, -0.1) is 0 Å². The zero-order valence-electron chi connectivity index (χ0n) is 24.8. The molecule has 0 radical (unpaired) electrons. The number of ether oxygens (including phenoxy) is 1. The van der Waals surface area contributed by atoms with Crippen LogP contribution in [0.3, 0.4) is 0 Å². The smallest absolute Gasteiger partial charge is 0.286 e. The van der Waals surface area contributed by atoms with Gasteiger partial charge < -0.3 is 10.1 Å². The van der Waals surface area contributed by atoms with E-state index in [2.05, 4.69) is 15.0 Å². The van der Waals surface area contributed by atoms with Crippen molar-refractivity contribution in [2.75, 3.05) is 5.32 Å². The standard InChI is InChI=1S/C36H29N3O5S2/c1-24-11-17-31(18-12-24)46(42,43)39-34(40)19-25-13-15-30(16-14-25)37-36-38-35(41)33(45-36)22-29-20-27-9-5-6-10-28(27)21-32(29)44-23-26-7-3-2-4-8-26/h2-18,20-22H,19,23H2,1H3,(H,39,40)(H,37,38,41)/b33-22+. The molecule has 230 valence electrons. The van der Waals surface area contributed by atoms with Gasteiger partial charge in [-0.3, -0.25) is 9.59 Å². The van der Waals surface area contributed by atoms with Crippen molar-refractivity contribution in [2.24, 2.45) is 4.99 Å². The summed E-state index contributed by atoms with van der Waals surface area (Å²) in [5, 5.41) is 5.62. The van der Waals surface area contributed by atoms with E-state index in [1.807, 2.05) is 73.7 Å². The number of amides is 2. The summed E-state index contributed by atoms with van der Waals surface area (Å²) < 4.78 is 33.4. The van der Waals surface area contributed by atoms with Crippen LogP contribution in [0.4, 0.5) is 5.69 Å². The minimum Gasteiger partial charge on any atom is -0.488 e. The monoisotopic (exact) mass is 647 g/mol. The van der Waals surface area contributed by atoms with Gasteiger partial charge in [0.05, 0.1) is 16.2 Å². The second-order valence-electron chi connectivity index (χ2n) is 10.7. The number of nitrogens with zero attached hydrogens (tertiary/aromatic N) is 1. The van der Waals surface area contributed by atoms with Crippen molar-refractivity contribution in [3.63, 3.8) is 0 Å². The molecule has 5 aromatic rings. The Bertz CT molecular complexity index is 2090. The van der Waals surface area contributed by atoms with Gasteiger partial charge in [0.25, 0.3) is 15.9 Å². The number of sulfonamides is 1. The maximum Gasteiger partial charge on any atom is 0.286 e. The van der Waals surface area contributed by atoms with E-state index in [-0.39, 0.29) is 17.2 Å². The van der Waals surface area contributed by atoms with Gasteiger partial charge in [-0.05, 0) is 83.1 Å². The predicted molar refractivity (Wildman–Crippen MR) is 183 cm³/mol. The largest absolute Gasteiger partial charge is 0.488 e. The van der Waals surface area contributed by atoms with E-state index in [1.165, 1.54) is 23.9 Å². The van der Waals surface area contributed by atoms with Crippen LogP contribution in [-0.4, -0.2) is 25.4 Å². The summed E-state index contributed by atoms with van der Waals surface area (Å²) in [6.45, 7) is 2.24. The molecule has 0 spiro atoms. The number of carbonyl (C=O) groups excluding carboxylic acids is 2. The molecule has 0 atom stereocenters. The van der Waals surface area contributed by atoms with Crippen LogP contribution >= 0.6 is 11.8 Å². The highest BCUT2D eigenvalue weighted by Gasteiger charge is 2.23. The molecule has 1 aliphatic rings. The Balaban J connectivity index is 1.11. The van der Waals surface area contributed by atoms with E-state index < -0.39 is 15.9 Å². The predicted octanol–water partition coefficient (Wildman–Crippen LogP) is 6.86. The van der Waals surface area contributed by atoms with E-state index in [0.29, 0.717) is 33.7 Å². The van der Waals surface area contributed by atoms with Crippen molar-refractivity contribution in [1.82, 2.24) is 4.72 Å².